The van der Waals surface area contributed by atoms with Gasteiger partial charge in [0.15, 0.2) is 0 Å². The first-order valence-corrected chi connectivity index (χ1v) is 4.75. The van der Waals surface area contributed by atoms with Crippen LogP contribution in [0, 0.1) is 0 Å². The Morgan fingerprint density at radius 2 is 1.93 bits per heavy atom. The number of rotatable bonds is 4. The molecule has 0 saturated heterocycles. The molecule has 4 nitrogen and oxygen atoms in total. The minimum atomic E-state index is -0.755. The first-order valence-electron chi connectivity index (χ1n) is 4.75. The molecule has 15 heavy (non-hydrogen) atoms. The largest absolute Gasteiger partial charge is 0.497 e. The highest BCUT2D eigenvalue weighted by Gasteiger charge is 2.17. The molecule has 0 radical (unpaired) electrons. The first kappa shape index (κ1) is 11.8. The summed E-state index contributed by atoms with van der Waals surface area (Å²) >= 11 is 0. The second-order valence-electron chi connectivity index (χ2n) is 3.41. The number of benzene rings is 1. The standard InChI is InChI=1S/C11H17NO3/c1-7(12)11(13)9-6-8(14-2)4-5-10(9)15-3/h4-7,11,13H,12H2,1-3H3/t7-,11?/m1/s1. The fraction of sp³-hybridized carbons (Fsp3) is 0.455. The highest BCUT2D eigenvalue weighted by molar-refractivity contribution is 5.42. The monoisotopic (exact) mass is 211 g/mol. The second-order valence-corrected chi connectivity index (χ2v) is 3.41. The van der Waals surface area contributed by atoms with E-state index >= 15 is 0 Å². The lowest BCUT2D eigenvalue weighted by molar-refractivity contribution is 0.149. The van der Waals surface area contributed by atoms with Gasteiger partial charge in [-0.1, -0.05) is 0 Å². The van der Waals surface area contributed by atoms with Crippen LogP contribution in [-0.2, 0) is 0 Å². The Kier molecular flexibility index (Phi) is 3.94. The summed E-state index contributed by atoms with van der Waals surface area (Å²) in [6.45, 7) is 1.74. The molecule has 0 spiro atoms. The zero-order valence-corrected chi connectivity index (χ0v) is 9.23. The number of methoxy groups -OCH3 is 2. The van der Waals surface area contributed by atoms with Gasteiger partial charge in [-0.05, 0) is 25.1 Å². The average Bonchev–Trinajstić information content (AvgIpc) is 2.27. The molecule has 3 N–H and O–H groups in total. The first-order chi connectivity index (χ1) is 7.10. The fourth-order valence-electron chi connectivity index (χ4n) is 1.35. The fourth-order valence-corrected chi connectivity index (χ4v) is 1.35. The van der Waals surface area contributed by atoms with E-state index in [1.807, 2.05) is 0 Å². The Bertz CT molecular complexity index is 326. The van der Waals surface area contributed by atoms with E-state index < -0.39 is 6.10 Å². The Morgan fingerprint density at radius 3 is 2.40 bits per heavy atom. The average molecular weight is 211 g/mol. The van der Waals surface area contributed by atoms with Crippen LogP contribution in [0.3, 0.4) is 0 Å². The quantitative estimate of drug-likeness (QED) is 0.782. The number of hydrogen-bond donors (Lipinski definition) is 2. The summed E-state index contributed by atoms with van der Waals surface area (Å²) in [5, 5.41) is 9.87. The highest BCUT2D eigenvalue weighted by Crippen LogP contribution is 2.30. The van der Waals surface area contributed by atoms with Crippen molar-refractivity contribution < 1.29 is 14.6 Å². The van der Waals surface area contributed by atoms with Gasteiger partial charge in [0.25, 0.3) is 0 Å². The summed E-state index contributed by atoms with van der Waals surface area (Å²) < 4.78 is 10.2. The van der Waals surface area contributed by atoms with E-state index in [0.29, 0.717) is 17.1 Å². The predicted molar refractivity (Wildman–Crippen MR) is 58.2 cm³/mol. The number of nitrogens with two attached hydrogens (primary N) is 1. The number of aliphatic hydroxyl groups is 1. The second kappa shape index (κ2) is 5.00. The highest BCUT2D eigenvalue weighted by atomic mass is 16.5. The molecule has 1 unspecified atom stereocenters. The van der Waals surface area contributed by atoms with E-state index in [0.717, 1.165) is 0 Å². The lowest BCUT2D eigenvalue weighted by Gasteiger charge is -2.18. The van der Waals surface area contributed by atoms with Gasteiger partial charge < -0.3 is 20.3 Å². The summed E-state index contributed by atoms with van der Waals surface area (Å²) in [5.74, 6) is 1.28. The molecule has 0 bridgehead atoms. The van der Waals surface area contributed by atoms with Crippen LogP contribution in [0.4, 0.5) is 0 Å². The Labute approximate surface area is 89.6 Å². The summed E-state index contributed by atoms with van der Waals surface area (Å²) in [4.78, 5) is 0. The van der Waals surface area contributed by atoms with Crippen molar-refractivity contribution in [1.82, 2.24) is 0 Å². The maximum Gasteiger partial charge on any atom is 0.124 e. The summed E-state index contributed by atoms with van der Waals surface area (Å²) in [7, 11) is 3.13. The van der Waals surface area contributed by atoms with Gasteiger partial charge in [0, 0.05) is 11.6 Å². The normalized spacial score (nSPS) is 14.5. The zero-order chi connectivity index (χ0) is 11.4. The van der Waals surface area contributed by atoms with Crippen LogP contribution < -0.4 is 15.2 Å². The van der Waals surface area contributed by atoms with E-state index in [2.05, 4.69) is 0 Å². The Hall–Kier alpha value is -1.26. The molecule has 1 aromatic carbocycles. The van der Waals surface area contributed by atoms with Crippen LogP contribution in [0.1, 0.15) is 18.6 Å². The van der Waals surface area contributed by atoms with Crippen LogP contribution in [0.2, 0.25) is 0 Å². The van der Waals surface area contributed by atoms with Crippen LogP contribution in [0.15, 0.2) is 18.2 Å². The van der Waals surface area contributed by atoms with Gasteiger partial charge in [-0.15, -0.1) is 0 Å². The van der Waals surface area contributed by atoms with Crippen molar-refractivity contribution in [3.8, 4) is 11.5 Å². The lowest BCUT2D eigenvalue weighted by Crippen LogP contribution is -2.24. The minimum Gasteiger partial charge on any atom is -0.497 e. The van der Waals surface area contributed by atoms with Gasteiger partial charge in [0.05, 0.1) is 20.3 Å². The summed E-state index contributed by atoms with van der Waals surface area (Å²) in [5.41, 5.74) is 6.28. The topological polar surface area (TPSA) is 64.7 Å². The van der Waals surface area contributed by atoms with E-state index in [-0.39, 0.29) is 6.04 Å². The molecule has 0 heterocycles. The van der Waals surface area contributed by atoms with Gasteiger partial charge in [0.1, 0.15) is 11.5 Å². The van der Waals surface area contributed by atoms with Crippen LogP contribution in [0.5, 0.6) is 11.5 Å². The van der Waals surface area contributed by atoms with E-state index in [1.165, 1.54) is 0 Å². The van der Waals surface area contributed by atoms with Crippen LogP contribution >= 0.6 is 0 Å². The molecule has 0 fully saturated rings. The van der Waals surface area contributed by atoms with E-state index in [4.69, 9.17) is 15.2 Å². The Morgan fingerprint density at radius 1 is 1.27 bits per heavy atom. The third-order valence-corrected chi connectivity index (χ3v) is 2.25. The maximum atomic E-state index is 9.87. The molecule has 84 valence electrons. The van der Waals surface area contributed by atoms with Crippen molar-refractivity contribution >= 4 is 0 Å². The van der Waals surface area contributed by atoms with Gasteiger partial charge in [0.2, 0.25) is 0 Å². The maximum absolute atomic E-state index is 9.87. The van der Waals surface area contributed by atoms with Crippen molar-refractivity contribution in [3.05, 3.63) is 23.8 Å². The number of hydrogen-bond acceptors (Lipinski definition) is 4. The molecule has 1 aromatic rings. The predicted octanol–water partition coefficient (Wildman–Crippen LogP) is 1.08. The summed E-state index contributed by atoms with van der Waals surface area (Å²) in [6, 6.07) is 4.90. The third kappa shape index (κ3) is 2.61. The van der Waals surface area contributed by atoms with Crippen molar-refractivity contribution in [2.24, 2.45) is 5.73 Å². The summed E-state index contributed by atoms with van der Waals surface area (Å²) in [6.07, 6.45) is -0.755. The van der Waals surface area contributed by atoms with Gasteiger partial charge in [-0.2, -0.15) is 0 Å². The van der Waals surface area contributed by atoms with Crippen molar-refractivity contribution in [2.75, 3.05) is 14.2 Å². The molecular weight excluding hydrogens is 194 g/mol. The van der Waals surface area contributed by atoms with Crippen LogP contribution in [0.25, 0.3) is 0 Å². The van der Waals surface area contributed by atoms with Crippen molar-refractivity contribution in [1.29, 1.82) is 0 Å². The molecular formula is C11H17NO3. The molecule has 0 saturated carbocycles. The van der Waals surface area contributed by atoms with Crippen molar-refractivity contribution in [3.63, 3.8) is 0 Å². The van der Waals surface area contributed by atoms with Gasteiger partial charge >= 0.3 is 0 Å². The van der Waals surface area contributed by atoms with Crippen molar-refractivity contribution in [2.45, 2.75) is 19.1 Å². The van der Waals surface area contributed by atoms with E-state index in [9.17, 15) is 5.11 Å². The minimum absolute atomic E-state index is 0.356. The number of aliphatic hydroxyl groups excluding tert-OH is 1. The molecule has 4 heteroatoms. The van der Waals surface area contributed by atoms with Gasteiger partial charge in [-0.3, -0.25) is 0 Å². The molecule has 0 aliphatic heterocycles. The number of ether oxygens (including phenoxy) is 2. The zero-order valence-electron chi connectivity index (χ0n) is 9.23. The third-order valence-electron chi connectivity index (χ3n) is 2.25. The molecule has 1 rings (SSSR count). The SMILES string of the molecule is COc1ccc(OC)c(C(O)[C@@H](C)N)c1. The van der Waals surface area contributed by atoms with Gasteiger partial charge in [-0.25, -0.2) is 0 Å². The molecule has 0 aliphatic carbocycles. The molecule has 0 aliphatic rings. The van der Waals surface area contributed by atoms with Crippen LogP contribution in [-0.4, -0.2) is 25.4 Å². The Balaban J connectivity index is 3.11. The molecule has 0 amide bonds. The molecule has 0 aromatic heterocycles. The van der Waals surface area contributed by atoms with E-state index in [1.54, 1.807) is 39.3 Å². The molecule has 2 atom stereocenters. The lowest BCUT2D eigenvalue weighted by atomic mass is 10.0. The smallest absolute Gasteiger partial charge is 0.124 e.